The Hall–Kier alpha value is -2.17. The number of nitrogens with zero attached hydrogens (tertiary/aromatic N) is 3. The Labute approximate surface area is 105 Å². The van der Waals surface area contributed by atoms with E-state index in [-0.39, 0.29) is 0 Å². The fraction of sp³-hybridized carbons (Fsp3) is 0.308. The summed E-state index contributed by atoms with van der Waals surface area (Å²) in [6.45, 7) is 5.34. The third-order valence-corrected chi connectivity index (χ3v) is 3.09. The van der Waals surface area contributed by atoms with E-state index < -0.39 is 11.5 Å². The summed E-state index contributed by atoms with van der Waals surface area (Å²) in [5, 5.41) is 13.9. The summed E-state index contributed by atoms with van der Waals surface area (Å²) < 4.78 is 1.54. The lowest BCUT2D eigenvalue weighted by Gasteiger charge is -2.27. The van der Waals surface area contributed by atoms with Gasteiger partial charge >= 0.3 is 5.97 Å². The van der Waals surface area contributed by atoms with E-state index >= 15 is 0 Å². The first-order valence-electron chi connectivity index (χ1n) is 5.64. The number of carboxylic acid groups (broad SMARTS) is 1. The fourth-order valence-electron chi connectivity index (χ4n) is 2.09. The van der Waals surface area contributed by atoms with E-state index in [0.29, 0.717) is 5.56 Å². The van der Waals surface area contributed by atoms with Crippen LogP contribution < -0.4 is 0 Å². The molecule has 0 fully saturated rings. The summed E-state index contributed by atoms with van der Waals surface area (Å²) in [5.74, 6) is -0.945. The first-order valence-corrected chi connectivity index (χ1v) is 5.64. The van der Waals surface area contributed by atoms with Crippen LogP contribution >= 0.6 is 0 Å². The molecule has 1 N–H and O–H groups in total. The fourth-order valence-corrected chi connectivity index (χ4v) is 2.09. The number of pyridine rings is 1. The Kier molecular flexibility index (Phi) is 2.90. The number of aryl methyl sites for hydroxylation is 2. The van der Waals surface area contributed by atoms with Crippen LogP contribution in [0.25, 0.3) is 0 Å². The molecule has 2 heterocycles. The molecule has 0 aliphatic carbocycles. The zero-order chi connectivity index (χ0) is 13.3. The molecule has 94 valence electrons. The van der Waals surface area contributed by atoms with Gasteiger partial charge in [-0.05, 0) is 44.5 Å². The second-order valence-electron chi connectivity index (χ2n) is 4.45. The normalized spacial score (nSPS) is 14.2. The lowest BCUT2D eigenvalue weighted by molar-refractivity contribution is -0.145. The van der Waals surface area contributed by atoms with E-state index in [2.05, 4.69) is 10.1 Å². The monoisotopic (exact) mass is 245 g/mol. The zero-order valence-corrected chi connectivity index (χ0v) is 10.6. The SMILES string of the molecule is Cc1cc(C)n(C(C)(C(=O)O)c2ccncc2)n1. The van der Waals surface area contributed by atoms with Gasteiger partial charge in [0.05, 0.1) is 5.69 Å². The van der Waals surface area contributed by atoms with Crippen LogP contribution in [0.4, 0.5) is 0 Å². The Morgan fingerprint density at radius 1 is 1.33 bits per heavy atom. The minimum Gasteiger partial charge on any atom is -0.479 e. The van der Waals surface area contributed by atoms with Crippen molar-refractivity contribution in [2.75, 3.05) is 0 Å². The van der Waals surface area contributed by atoms with Gasteiger partial charge in [-0.2, -0.15) is 5.10 Å². The van der Waals surface area contributed by atoms with E-state index in [0.717, 1.165) is 11.4 Å². The van der Waals surface area contributed by atoms with Gasteiger partial charge in [0.25, 0.3) is 0 Å². The number of aromatic nitrogens is 3. The predicted octanol–water partition coefficient (Wildman–Crippen LogP) is 1.74. The van der Waals surface area contributed by atoms with E-state index in [1.54, 1.807) is 36.1 Å². The minimum absolute atomic E-state index is 0.649. The van der Waals surface area contributed by atoms with E-state index in [4.69, 9.17) is 0 Å². The highest BCUT2D eigenvalue weighted by Gasteiger charge is 2.39. The summed E-state index contributed by atoms with van der Waals surface area (Å²) in [5.41, 5.74) is 1.04. The molecule has 0 bridgehead atoms. The molecule has 5 heteroatoms. The smallest absolute Gasteiger partial charge is 0.336 e. The molecule has 2 aromatic rings. The molecule has 0 radical (unpaired) electrons. The molecule has 0 saturated carbocycles. The molecule has 0 aromatic carbocycles. The van der Waals surface area contributed by atoms with Crippen LogP contribution in [0.3, 0.4) is 0 Å². The Bertz CT molecular complexity index is 577. The first-order chi connectivity index (χ1) is 8.46. The highest BCUT2D eigenvalue weighted by Crippen LogP contribution is 2.27. The average Bonchev–Trinajstić information content (AvgIpc) is 2.68. The molecule has 0 spiro atoms. The Morgan fingerprint density at radius 3 is 2.39 bits per heavy atom. The minimum atomic E-state index is -1.22. The molecule has 2 rings (SSSR count). The van der Waals surface area contributed by atoms with Gasteiger partial charge in [0, 0.05) is 18.1 Å². The van der Waals surface area contributed by atoms with Crippen molar-refractivity contribution in [3.05, 3.63) is 47.5 Å². The van der Waals surface area contributed by atoms with Crippen molar-refractivity contribution in [1.82, 2.24) is 14.8 Å². The quantitative estimate of drug-likeness (QED) is 0.894. The molecule has 2 aromatic heterocycles. The van der Waals surface area contributed by atoms with Crippen LogP contribution in [-0.2, 0) is 10.3 Å². The lowest BCUT2D eigenvalue weighted by atomic mass is 9.93. The van der Waals surface area contributed by atoms with Crippen LogP contribution in [0.2, 0.25) is 0 Å². The third kappa shape index (κ3) is 1.77. The molecular formula is C13H15N3O2. The number of rotatable bonds is 3. The van der Waals surface area contributed by atoms with Crippen LogP contribution in [-0.4, -0.2) is 25.8 Å². The van der Waals surface area contributed by atoms with Crippen molar-refractivity contribution in [1.29, 1.82) is 0 Å². The van der Waals surface area contributed by atoms with Gasteiger partial charge in [-0.25, -0.2) is 9.48 Å². The molecule has 0 aliphatic rings. The second-order valence-corrected chi connectivity index (χ2v) is 4.45. The van der Waals surface area contributed by atoms with Crippen LogP contribution in [0, 0.1) is 13.8 Å². The highest BCUT2D eigenvalue weighted by molar-refractivity contribution is 5.80. The van der Waals surface area contributed by atoms with Gasteiger partial charge < -0.3 is 5.11 Å². The van der Waals surface area contributed by atoms with Gasteiger partial charge in [-0.1, -0.05) is 0 Å². The topological polar surface area (TPSA) is 68.0 Å². The maximum atomic E-state index is 11.7. The van der Waals surface area contributed by atoms with Crippen LogP contribution in [0.15, 0.2) is 30.6 Å². The van der Waals surface area contributed by atoms with Crippen LogP contribution in [0.1, 0.15) is 23.9 Å². The maximum absolute atomic E-state index is 11.7. The van der Waals surface area contributed by atoms with Crippen molar-refractivity contribution in [3.63, 3.8) is 0 Å². The number of carbonyl (C=O) groups is 1. The molecular weight excluding hydrogens is 230 g/mol. The molecule has 18 heavy (non-hydrogen) atoms. The number of hydrogen-bond donors (Lipinski definition) is 1. The van der Waals surface area contributed by atoms with Crippen LogP contribution in [0.5, 0.6) is 0 Å². The van der Waals surface area contributed by atoms with Gasteiger partial charge in [0.2, 0.25) is 0 Å². The molecule has 0 aliphatic heterocycles. The lowest BCUT2D eigenvalue weighted by Crippen LogP contribution is -2.41. The number of hydrogen-bond acceptors (Lipinski definition) is 3. The zero-order valence-electron chi connectivity index (χ0n) is 10.6. The Balaban J connectivity index is 2.66. The molecule has 0 amide bonds. The first kappa shape index (κ1) is 12.3. The molecule has 1 atom stereocenters. The standard InChI is InChI=1S/C13H15N3O2/c1-9-8-10(2)16(15-9)13(3,12(17)18)11-4-6-14-7-5-11/h4-8H,1-3H3,(H,17,18). The van der Waals surface area contributed by atoms with Crippen molar-refractivity contribution in [2.24, 2.45) is 0 Å². The predicted molar refractivity (Wildman–Crippen MR) is 66.3 cm³/mol. The maximum Gasteiger partial charge on any atom is 0.336 e. The second kappa shape index (κ2) is 4.25. The average molecular weight is 245 g/mol. The highest BCUT2D eigenvalue weighted by atomic mass is 16.4. The third-order valence-electron chi connectivity index (χ3n) is 3.09. The number of aliphatic carboxylic acids is 1. The van der Waals surface area contributed by atoms with Gasteiger partial charge in [0.1, 0.15) is 0 Å². The summed E-state index contributed by atoms with van der Waals surface area (Å²) in [6.07, 6.45) is 3.17. The van der Waals surface area contributed by atoms with E-state index in [1.807, 2.05) is 19.9 Å². The van der Waals surface area contributed by atoms with Gasteiger partial charge in [0.15, 0.2) is 5.54 Å². The Morgan fingerprint density at radius 2 is 1.94 bits per heavy atom. The molecule has 1 unspecified atom stereocenters. The summed E-state index contributed by atoms with van der Waals surface area (Å²) in [6, 6.07) is 5.26. The van der Waals surface area contributed by atoms with Crippen molar-refractivity contribution in [2.45, 2.75) is 26.3 Å². The van der Waals surface area contributed by atoms with E-state index in [1.165, 1.54) is 0 Å². The molecule has 5 nitrogen and oxygen atoms in total. The number of carboxylic acids is 1. The summed E-state index contributed by atoms with van der Waals surface area (Å²) in [7, 11) is 0. The van der Waals surface area contributed by atoms with Crippen molar-refractivity contribution in [3.8, 4) is 0 Å². The van der Waals surface area contributed by atoms with Crippen molar-refractivity contribution >= 4 is 5.97 Å². The van der Waals surface area contributed by atoms with Gasteiger partial charge in [-0.3, -0.25) is 4.98 Å². The molecule has 0 saturated heterocycles. The summed E-state index contributed by atoms with van der Waals surface area (Å²) >= 11 is 0. The van der Waals surface area contributed by atoms with Gasteiger partial charge in [-0.15, -0.1) is 0 Å². The largest absolute Gasteiger partial charge is 0.479 e. The summed E-state index contributed by atoms with van der Waals surface area (Å²) in [4.78, 5) is 15.6. The van der Waals surface area contributed by atoms with Crippen molar-refractivity contribution < 1.29 is 9.90 Å². The van der Waals surface area contributed by atoms with E-state index in [9.17, 15) is 9.90 Å².